The van der Waals surface area contributed by atoms with E-state index in [1.54, 1.807) is 0 Å². The predicted molar refractivity (Wildman–Crippen MR) is 81.3 cm³/mol. The fraction of sp³-hybridized carbons (Fsp3) is 0.875. The van der Waals surface area contributed by atoms with Crippen LogP contribution in [0, 0.1) is 5.92 Å². The number of nitrogens with zero attached hydrogens (tertiary/aromatic N) is 1. The van der Waals surface area contributed by atoms with Crippen LogP contribution in [0.1, 0.15) is 66.7 Å². The van der Waals surface area contributed by atoms with Crippen LogP contribution >= 0.6 is 0 Å². The second-order valence-electron chi connectivity index (χ2n) is 6.23. The third kappa shape index (κ3) is 3.15. The summed E-state index contributed by atoms with van der Waals surface area (Å²) in [4.78, 5) is 27.1. The van der Waals surface area contributed by atoms with Gasteiger partial charge < -0.3 is 10.2 Å². The summed E-state index contributed by atoms with van der Waals surface area (Å²) in [5.41, 5.74) is -0.643. The van der Waals surface area contributed by atoms with Gasteiger partial charge in [0.1, 0.15) is 11.6 Å². The van der Waals surface area contributed by atoms with Gasteiger partial charge in [-0.25, -0.2) is 0 Å². The van der Waals surface area contributed by atoms with E-state index in [4.69, 9.17) is 0 Å². The summed E-state index contributed by atoms with van der Waals surface area (Å²) in [5.74, 6) is 0.670. The minimum atomic E-state index is -0.643. The minimum Gasteiger partial charge on any atom is -0.342 e. The molecular weight excluding hydrogens is 252 g/mol. The zero-order valence-corrected chi connectivity index (χ0v) is 13.7. The predicted octanol–water partition coefficient (Wildman–Crippen LogP) is 2.72. The molecular formula is C16H30N2O2. The third-order valence-corrected chi connectivity index (χ3v) is 4.49. The van der Waals surface area contributed by atoms with Crippen molar-refractivity contribution in [1.29, 1.82) is 0 Å². The Morgan fingerprint density at radius 1 is 1.20 bits per heavy atom. The summed E-state index contributed by atoms with van der Waals surface area (Å²) in [6.45, 7) is 11.0. The van der Waals surface area contributed by atoms with Gasteiger partial charge in [0, 0.05) is 6.54 Å². The van der Waals surface area contributed by atoms with Crippen LogP contribution in [0.5, 0.6) is 0 Å². The molecule has 116 valence electrons. The number of nitrogens with one attached hydrogen (secondary N) is 1. The molecule has 0 aliphatic carbocycles. The first kappa shape index (κ1) is 17.0. The third-order valence-electron chi connectivity index (χ3n) is 4.49. The highest BCUT2D eigenvalue weighted by Gasteiger charge is 2.49. The Morgan fingerprint density at radius 2 is 1.80 bits per heavy atom. The Kier molecular flexibility index (Phi) is 6.03. The molecule has 1 saturated heterocycles. The Bertz CT molecular complexity index is 348. The number of piperazine rings is 1. The van der Waals surface area contributed by atoms with Gasteiger partial charge in [0.25, 0.3) is 0 Å². The highest BCUT2D eigenvalue weighted by molar-refractivity contribution is 5.99. The summed E-state index contributed by atoms with van der Waals surface area (Å²) >= 11 is 0. The first-order valence-electron chi connectivity index (χ1n) is 8.05. The molecule has 1 rings (SSSR count). The normalized spacial score (nSPS) is 22.3. The van der Waals surface area contributed by atoms with E-state index >= 15 is 0 Å². The van der Waals surface area contributed by atoms with Crippen LogP contribution in [0.4, 0.5) is 0 Å². The average Bonchev–Trinajstić information content (AvgIpc) is 2.41. The fourth-order valence-corrected chi connectivity index (χ4v) is 3.02. The Hall–Kier alpha value is -1.06. The number of amides is 2. The quantitative estimate of drug-likeness (QED) is 0.780. The molecule has 0 spiro atoms. The molecule has 20 heavy (non-hydrogen) atoms. The lowest BCUT2D eigenvalue weighted by Crippen LogP contribution is -2.70. The highest BCUT2D eigenvalue weighted by Crippen LogP contribution is 2.30. The summed E-state index contributed by atoms with van der Waals surface area (Å²) in [6, 6.07) is -0.328. The van der Waals surface area contributed by atoms with Crippen molar-refractivity contribution in [1.82, 2.24) is 10.2 Å². The molecule has 0 aromatic rings. The average molecular weight is 282 g/mol. The van der Waals surface area contributed by atoms with Gasteiger partial charge >= 0.3 is 0 Å². The van der Waals surface area contributed by atoms with E-state index in [9.17, 15) is 9.59 Å². The van der Waals surface area contributed by atoms with Gasteiger partial charge in [-0.2, -0.15) is 0 Å². The lowest BCUT2D eigenvalue weighted by molar-refractivity contribution is -0.158. The zero-order valence-electron chi connectivity index (χ0n) is 13.7. The fourth-order valence-electron chi connectivity index (χ4n) is 3.02. The van der Waals surface area contributed by atoms with E-state index in [2.05, 4.69) is 19.2 Å². The van der Waals surface area contributed by atoms with Gasteiger partial charge in [-0.3, -0.25) is 9.59 Å². The summed E-state index contributed by atoms with van der Waals surface area (Å²) in [6.07, 6.45) is 3.93. The van der Waals surface area contributed by atoms with Crippen LogP contribution in [0.25, 0.3) is 0 Å². The Labute approximate surface area is 123 Å². The SMILES string of the molecule is CCCC1NC(=O)C(CC)(CC)N(CCC(C)C)C1=O. The molecule has 4 heteroatoms. The van der Waals surface area contributed by atoms with Gasteiger partial charge in [0.2, 0.25) is 11.8 Å². The number of hydrogen-bond donors (Lipinski definition) is 1. The number of rotatable bonds is 7. The van der Waals surface area contributed by atoms with E-state index in [-0.39, 0.29) is 17.9 Å². The van der Waals surface area contributed by atoms with Crippen molar-refractivity contribution < 1.29 is 9.59 Å². The van der Waals surface area contributed by atoms with Crippen LogP contribution in [0.2, 0.25) is 0 Å². The standard InChI is InChI=1S/C16H30N2O2/c1-6-9-13-14(19)18(11-10-12(4)5)16(7-2,8-3)15(20)17-13/h12-13H,6-11H2,1-5H3,(H,17,20). The van der Waals surface area contributed by atoms with Crippen LogP contribution in [-0.4, -0.2) is 34.8 Å². The van der Waals surface area contributed by atoms with Crippen molar-refractivity contribution in [2.45, 2.75) is 78.3 Å². The van der Waals surface area contributed by atoms with Gasteiger partial charge in [-0.05, 0) is 31.6 Å². The summed E-state index contributed by atoms with van der Waals surface area (Å²) in [7, 11) is 0. The van der Waals surface area contributed by atoms with Crippen molar-refractivity contribution in [3.8, 4) is 0 Å². The molecule has 1 aliphatic rings. The molecule has 1 unspecified atom stereocenters. The van der Waals surface area contributed by atoms with Crippen molar-refractivity contribution >= 4 is 11.8 Å². The van der Waals surface area contributed by atoms with Gasteiger partial charge in [0.15, 0.2) is 0 Å². The second kappa shape index (κ2) is 7.09. The van der Waals surface area contributed by atoms with Crippen molar-refractivity contribution in [3.63, 3.8) is 0 Å². The Morgan fingerprint density at radius 3 is 2.25 bits per heavy atom. The molecule has 0 aromatic carbocycles. The molecule has 2 amide bonds. The maximum atomic E-state index is 12.7. The lowest BCUT2D eigenvalue weighted by atomic mass is 9.84. The van der Waals surface area contributed by atoms with Gasteiger partial charge in [-0.15, -0.1) is 0 Å². The topological polar surface area (TPSA) is 49.4 Å². The van der Waals surface area contributed by atoms with Gasteiger partial charge in [0.05, 0.1) is 0 Å². The van der Waals surface area contributed by atoms with E-state index in [1.165, 1.54) is 0 Å². The first-order valence-corrected chi connectivity index (χ1v) is 8.05. The van der Waals surface area contributed by atoms with Gasteiger partial charge in [-0.1, -0.05) is 41.0 Å². The lowest BCUT2D eigenvalue weighted by Gasteiger charge is -2.48. The molecule has 1 atom stereocenters. The summed E-state index contributed by atoms with van der Waals surface area (Å²) < 4.78 is 0. The molecule has 0 bridgehead atoms. The molecule has 1 aliphatic heterocycles. The zero-order chi connectivity index (χ0) is 15.3. The van der Waals surface area contributed by atoms with E-state index in [1.807, 2.05) is 25.7 Å². The number of carbonyl (C=O) groups is 2. The van der Waals surface area contributed by atoms with E-state index in [0.717, 1.165) is 19.3 Å². The van der Waals surface area contributed by atoms with Crippen molar-refractivity contribution in [2.24, 2.45) is 5.92 Å². The Balaban J connectivity index is 3.03. The maximum absolute atomic E-state index is 12.7. The van der Waals surface area contributed by atoms with Crippen molar-refractivity contribution in [3.05, 3.63) is 0 Å². The number of hydrogen-bond acceptors (Lipinski definition) is 2. The monoisotopic (exact) mass is 282 g/mol. The molecule has 0 aromatic heterocycles. The molecule has 4 nitrogen and oxygen atoms in total. The van der Waals surface area contributed by atoms with Crippen LogP contribution < -0.4 is 5.32 Å². The molecule has 0 radical (unpaired) electrons. The minimum absolute atomic E-state index is 0.0318. The highest BCUT2D eigenvalue weighted by atomic mass is 16.2. The molecule has 1 N–H and O–H groups in total. The van der Waals surface area contributed by atoms with Crippen LogP contribution in [0.15, 0.2) is 0 Å². The number of carbonyl (C=O) groups excluding carboxylic acids is 2. The summed E-state index contributed by atoms with van der Waals surface area (Å²) in [5, 5.41) is 2.95. The maximum Gasteiger partial charge on any atom is 0.246 e. The van der Waals surface area contributed by atoms with E-state index < -0.39 is 5.54 Å². The van der Waals surface area contributed by atoms with Crippen LogP contribution in [0.3, 0.4) is 0 Å². The first-order chi connectivity index (χ1) is 9.42. The molecule has 1 heterocycles. The van der Waals surface area contributed by atoms with Crippen molar-refractivity contribution in [2.75, 3.05) is 6.54 Å². The largest absolute Gasteiger partial charge is 0.342 e. The van der Waals surface area contributed by atoms with Crippen LogP contribution in [-0.2, 0) is 9.59 Å². The smallest absolute Gasteiger partial charge is 0.246 e. The molecule has 1 fully saturated rings. The second-order valence-corrected chi connectivity index (χ2v) is 6.23. The molecule has 0 saturated carbocycles. The van der Waals surface area contributed by atoms with E-state index in [0.29, 0.717) is 25.3 Å².